The number of halogens is 2. The zero-order valence-corrected chi connectivity index (χ0v) is 14.3. The third-order valence-electron chi connectivity index (χ3n) is 4.03. The van der Waals surface area contributed by atoms with Gasteiger partial charge in [-0.3, -0.25) is 0 Å². The Balaban J connectivity index is 1.88. The van der Waals surface area contributed by atoms with Crippen LogP contribution in [0.2, 0.25) is 5.02 Å². The van der Waals surface area contributed by atoms with E-state index in [9.17, 15) is 8.42 Å². The Morgan fingerprint density at radius 2 is 1.95 bits per heavy atom. The van der Waals surface area contributed by atoms with Crippen LogP contribution in [-0.2, 0) is 10.0 Å². The smallest absolute Gasteiger partial charge is 0.206 e. The topological polar surface area (TPSA) is 37.4 Å². The maximum atomic E-state index is 12.6. The third-order valence-corrected chi connectivity index (χ3v) is 8.79. The highest BCUT2D eigenvalue weighted by Crippen LogP contribution is 2.40. The highest BCUT2D eigenvalue weighted by molar-refractivity contribution is 9.11. The van der Waals surface area contributed by atoms with E-state index in [0.29, 0.717) is 37.9 Å². The quantitative estimate of drug-likeness (QED) is 0.773. The van der Waals surface area contributed by atoms with E-state index in [1.807, 2.05) is 0 Å². The van der Waals surface area contributed by atoms with Crippen molar-refractivity contribution in [1.82, 2.24) is 4.31 Å². The van der Waals surface area contributed by atoms with Crippen molar-refractivity contribution in [1.29, 1.82) is 0 Å². The van der Waals surface area contributed by atoms with Crippen LogP contribution in [0.1, 0.15) is 25.7 Å². The fourth-order valence-electron chi connectivity index (χ4n) is 3.16. The van der Waals surface area contributed by atoms with Gasteiger partial charge in [-0.2, -0.15) is 4.31 Å². The number of nitrogens with zero attached hydrogens (tertiary/aromatic N) is 1. The molecule has 2 aliphatic rings. The van der Waals surface area contributed by atoms with Gasteiger partial charge in [0, 0.05) is 13.1 Å². The molecule has 2 atom stereocenters. The first kappa shape index (κ1) is 14.3. The summed E-state index contributed by atoms with van der Waals surface area (Å²) in [7, 11) is -3.37. The molecule has 0 amide bonds. The number of hydrogen-bond donors (Lipinski definition) is 0. The molecule has 1 aliphatic carbocycles. The van der Waals surface area contributed by atoms with Gasteiger partial charge in [0.15, 0.2) is 0 Å². The number of hydrogen-bond acceptors (Lipinski definition) is 3. The Morgan fingerprint density at radius 1 is 1.32 bits per heavy atom. The molecule has 1 aliphatic heterocycles. The van der Waals surface area contributed by atoms with Crippen LogP contribution in [0.3, 0.4) is 0 Å². The van der Waals surface area contributed by atoms with E-state index >= 15 is 0 Å². The maximum absolute atomic E-state index is 12.6. The van der Waals surface area contributed by atoms with E-state index in [-0.39, 0.29) is 0 Å². The molecule has 1 saturated heterocycles. The van der Waals surface area contributed by atoms with Gasteiger partial charge in [-0.15, -0.1) is 11.3 Å². The second-order valence-corrected chi connectivity index (χ2v) is 10.3. The lowest BCUT2D eigenvalue weighted by molar-refractivity contribution is 0.144. The van der Waals surface area contributed by atoms with Crippen LogP contribution in [0.4, 0.5) is 0 Å². The molecule has 0 N–H and O–H groups in total. The predicted molar refractivity (Wildman–Crippen MR) is 81.2 cm³/mol. The van der Waals surface area contributed by atoms with Crippen molar-refractivity contribution >= 4 is 48.9 Å². The van der Waals surface area contributed by atoms with Crippen molar-refractivity contribution in [3.05, 3.63) is 14.9 Å². The largest absolute Gasteiger partial charge is 0.252 e. The Bertz CT molecular complexity index is 555. The standard InChI is InChI=1S/C12H15BrClNO2S2/c13-12-10(14)5-11(18-12)19(16,17)15-6-8-2-1-3-9(4-8)7-15/h5,8-9H,1-4,6-7H2. The van der Waals surface area contributed by atoms with Crippen LogP contribution in [0.15, 0.2) is 14.1 Å². The lowest BCUT2D eigenvalue weighted by Crippen LogP contribution is -2.45. The Labute approximate surface area is 131 Å². The summed E-state index contributed by atoms with van der Waals surface area (Å²) in [5.41, 5.74) is 0. The van der Waals surface area contributed by atoms with Crippen LogP contribution >= 0.6 is 38.9 Å². The number of thiophene rings is 1. The van der Waals surface area contributed by atoms with Crippen molar-refractivity contribution in [2.45, 2.75) is 29.9 Å². The summed E-state index contributed by atoms with van der Waals surface area (Å²) < 4.78 is 28.0. The van der Waals surface area contributed by atoms with Gasteiger partial charge < -0.3 is 0 Å². The average Bonchev–Trinajstić information content (AvgIpc) is 2.70. The molecule has 1 aromatic rings. The molecule has 19 heavy (non-hydrogen) atoms. The summed E-state index contributed by atoms with van der Waals surface area (Å²) in [6, 6.07) is 1.55. The lowest BCUT2D eigenvalue weighted by atomic mass is 9.79. The summed E-state index contributed by atoms with van der Waals surface area (Å²) >= 11 is 10.4. The molecule has 7 heteroatoms. The third kappa shape index (κ3) is 2.75. The molecule has 0 aromatic carbocycles. The summed E-state index contributed by atoms with van der Waals surface area (Å²) in [6.07, 6.45) is 4.77. The molecule has 2 unspecified atom stereocenters. The first-order valence-electron chi connectivity index (χ1n) is 6.42. The Kier molecular flexibility index (Phi) is 3.99. The van der Waals surface area contributed by atoms with E-state index < -0.39 is 10.0 Å². The second-order valence-electron chi connectivity index (χ2n) is 5.41. The highest BCUT2D eigenvalue weighted by Gasteiger charge is 2.37. The van der Waals surface area contributed by atoms with Crippen LogP contribution in [-0.4, -0.2) is 25.8 Å². The zero-order chi connectivity index (χ0) is 13.6. The van der Waals surface area contributed by atoms with Crippen molar-refractivity contribution in [3.8, 4) is 0 Å². The van der Waals surface area contributed by atoms with Gasteiger partial charge in [0.2, 0.25) is 0 Å². The molecule has 106 valence electrons. The van der Waals surface area contributed by atoms with Gasteiger partial charge in [-0.25, -0.2) is 8.42 Å². The molecule has 3 nitrogen and oxygen atoms in total. The summed E-state index contributed by atoms with van der Waals surface area (Å²) in [5, 5.41) is 0.473. The minimum Gasteiger partial charge on any atom is -0.206 e. The van der Waals surface area contributed by atoms with Crippen LogP contribution in [0, 0.1) is 11.8 Å². The van der Waals surface area contributed by atoms with Gasteiger partial charge in [-0.1, -0.05) is 18.0 Å². The van der Waals surface area contributed by atoms with E-state index in [1.165, 1.54) is 24.2 Å². The maximum Gasteiger partial charge on any atom is 0.252 e. The fraction of sp³-hybridized carbons (Fsp3) is 0.667. The second kappa shape index (κ2) is 5.30. The molecule has 2 bridgehead atoms. The van der Waals surface area contributed by atoms with Crippen LogP contribution < -0.4 is 0 Å². The minimum absolute atomic E-state index is 0.351. The van der Waals surface area contributed by atoms with E-state index in [0.717, 1.165) is 12.8 Å². The molecule has 1 saturated carbocycles. The first-order chi connectivity index (χ1) is 8.96. The number of sulfonamides is 1. The number of rotatable bonds is 2. The molecule has 0 radical (unpaired) electrons. The number of piperidine rings is 1. The first-order valence-corrected chi connectivity index (χ1v) is 9.84. The summed E-state index contributed by atoms with van der Waals surface area (Å²) in [5.74, 6) is 1.09. The van der Waals surface area contributed by atoms with E-state index in [4.69, 9.17) is 11.6 Å². The molecule has 0 spiro atoms. The summed E-state index contributed by atoms with van der Waals surface area (Å²) in [6.45, 7) is 1.35. The Hall–Kier alpha value is 0.380. The monoisotopic (exact) mass is 383 g/mol. The van der Waals surface area contributed by atoms with Crippen LogP contribution in [0.25, 0.3) is 0 Å². The Morgan fingerprint density at radius 3 is 2.47 bits per heavy atom. The van der Waals surface area contributed by atoms with E-state index in [1.54, 1.807) is 10.4 Å². The zero-order valence-electron chi connectivity index (χ0n) is 10.3. The van der Waals surface area contributed by atoms with Crippen molar-refractivity contribution in [3.63, 3.8) is 0 Å². The molecule has 2 fully saturated rings. The van der Waals surface area contributed by atoms with Crippen molar-refractivity contribution in [2.75, 3.05) is 13.1 Å². The van der Waals surface area contributed by atoms with Gasteiger partial charge in [0.05, 0.1) is 8.81 Å². The van der Waals surface area contributed by atoms with Gasteiger partial charge in [0.1, 0.15) is 4.21 Å². The highest BCUT2D eigenvalue weighted by atomic mass is 79.9. The molecule has 1 aromatic heterocycles. The van der Waals surface area contributed by atoms with Crippen molar-refractivity contribution < 1.29 is 8.42 Å². The van der Waals surface area contributed by atoms with Gasteiger partial charge >= 0.3 is 0 Å². The SMILES string of the molecule is O=S(=O)(c1cc(Cl)c(Br)s1)N1CC2CCCC(C2)C1. The minimum atomic E-state index is -3.37. The summed E-state index contributed by atoms with van der Waals surface area (Å²) in [4.78, 5) is 0. The van der Waals surface area contributed by atoms with Crippen molar-refractivity contribution in [2.24, 2.45) is 11.8 Å². The molecule has 2 heterocycles. The number of fused-ring (bicyclic) bond motifs is 2. The fourth-order valence-corrected chi connectivity index (χ4v) is 7.31. The van der Waals surface area contributed by atoms with Gasteiger partial charge in [-0.05, 0) is 53.1 Å². The average molecular weight is 385 g/mol. The van der Waals surface area contributed by atoms with Gasteiger partial charge in [0.25, 0.3) is 10.0 Å². The van der Waals surface area contributed by atoms with Crippen LogP contribution in [0.5, 0.6) is 0 Å². The normalized spacial score (nSPS) is 28.5. The lowest BCUT2D eigenvalue weighted by Gasteiger charge is -2.40. The molecular weight excluding hydrogens is 370 g/mol. The molecular formula is C12H15BrClNO2S2. The molecule has 3 rings (SSSR count). The van der Waals surface area contributed by atoms with E-state index in [2.05, 4.69) is 15.9 Å². The predicted octanol–water partition coefficient (Wildman–Crippen LogP) is 3.97.